The molecule has 1 aromatic heterocycles. The van der Waals surface area contributed by atoms with Gasteiger partial charge in [-0.1, -0.05) is 11.3 Å². The summed E-state index contributed by atoms with van der Waals surface area (Å²) in [6.07, 6.45) is 1.51. The van der Waals surface area contributed by atoms with Gasteiger partial charge in [0.1, 0.15) is 0 Å². The molecule has 0 aliphatic rings. The number of sulfonamides is 1. The summed E-state index contributed by atoms with van der Waals surface area (Å²) in [6, 6.07) is 0. The van der Waals surface area contributed by atoms with Gasteiger partial charge in [-0.15, -0.1) is 0 Å². The summed E-state index contributed by atoms with van der Waals surface area (Å²) < 4.78 is 37.1. The van der Waals surface area contributed by atoms with Crippen LogP contribution in [0.15, 0.2) is 9.00 Å². The molecule has 2 unspecified atom stereocenters. The lowest BCUT2D eigenvalue weighted by molar-refractivity contribution is 0.582. The van der Waals surface area contributed by atoms with Crippen LogP contribution >= 0.6 is 11.3 Å². The van der Waals surface area contributed by atoms with Crippen LogP contribution in [-0.4, -0.2) is 35.7 Å². The second-order valence-corrected chi connectivity index (χ2v) is 8.34. The second-order valence-electron chi connectivity index (χ2n) is 3.59. The van der Waals surface area contributed by atoms with Crippen molar-refractivity contribution < 1.29 is 12.6 Å². The Morgan fingerprint density at radius 2 is 2.12 bits per heavy atom. The summed E-state index contributed by atoms with van der Waals surface area (Å²) in [5.74, 6) is 0. The number of hydrogen-bond donors (Lipinski definition) is 2. The first-order valence-corrected chi connectivity index (χ1v) is 8.67. The largest absolute Gasteiger partial charge is 0.315 e. The van der Waals surface area contributed by atoms with E-state index >= 15 is 0 Å². The van der Waals surface area contributed by atoms with E-state index < -0.39 is 25.7 Å². The van der Waals surface area contributed by atoms with Gasteiger partial charge in [0.05, 0.1) is 0 Å². The van der Waals surface area contributed by atoms with Crippen LogP contribution < -0.4 is 9.60 Å². The lowest BCUT2D eigenvalue weighted by atomic mass is 10.5. The van der Waals surface area contributed by atoms with Crippen LogP contribution in [0.25, 0.3) is 0 Å². The van der Waals surface area contributed by atoms with Crippen molar-refractivity contribution in [2.24, 2.45) is 0 Å². The Bertz CT molecular complexity index is 572. The van der Waals surface area contributed by atoms with E-state index in [9.17, 15) is 17.4 Å². The maximum Gasteiger partial charge on any atom is 0.305 e. The molecule has 1 heterocycles. The SMILES string of the molecule is Cc1[nH]c(=O)sc1S(=O)(=O)NCC(C)S(C)=O. The maximum absolute atomic E-state index is 11.8. The van der Waals surface area contributed by atoms with Gasteiger partial charge in [0, 0.05) is 34.5 Å². The fourth-order valence-corrected chi connectivity index (χ4v) is 3.95. The van der Waals surface area contributed by atoms with E-state index in [1.807, 2.05) is 0 Å². The summed E-state index contributed by atoms with van der Waals surface area (Å²) in [4.78, 5) is 13.0. The number of aromatic nitrogens is 1. The summed E-state index contributed by atoms with van der Waals surface area (Å²) in [5, 5.41) is -0.277. The summed E-state index contributed by atoms with van der Waals surface area (Å²) >= 11 is 0.644. The van der Waals surface area contributed by atoms with Crippen molar-refractivity contribution in [3.8, 4) is 0 Å². The molecule has 0 bridgehead atoms. The minimum absolute atomic E-state index is 0.0171. The highest BCUT2D eigenvalue weighted by atomic mass is 32.2. The third-order valence-corrected chi connectivity index (χ3v) is 6.48. The van der Waals surface area contributed by atoms with Gasteiger partial charge in [-0.25, -0.2) is 13.1 Å². The van der Waals surface area contributed by atoms with E-state index in [0.717, 1.165) is 0 Å². The first-order chi connectivity index (χ1) is 7.74. The quantitative estimate of drug-likeness (QED) is 0.786. The molecule has 0 fully saturated rings. The molecule has 0 aliphatic heterocycles. The topological polar surface area (TPSA) is 96.1 Å². The van der Waals surface area contributed by atoms with Crippen molar-refractivity contribution in [2.45, 2.75) is 23.3 Å². The van der Waals surface area contributed by atoms with Gasteiger partial charge in [0.2, 0.25) is 0 Å². The Balaban J connectivity index is 2.87. The molecule has 2 atom stereocenters. The lowest BCUT2D eigenvalue weighted by Crippen LogP contribution is -2.32. The smallest absolute Gasteiger partial charge is 0.305 e. The summed E-state index contributed by atoms with van der Waals surface area (Å²) in [6.45, 7) is 3.29. The number of aromatic amines is 1. The molecule has 0 saturated carbocycles. The third kappa shape index (κ3) is 3.73. The molecule has 98 valence electrons. The van der Waals surface area contributed by atoms with Gasteiger partial charge in [-0.2, -0.15) is 0 Å². The predicted octanol–water partition coefficient (Wildman–Crippen LogP) is -0.210. The molecule has 17 heavy (non-hydrogen) atoms. The van der Waals surface area contributed by atoms with Gasteiger partial charge in [-0.05, 0) is 13.8 Å². The van der Waals surface area contributed by atoms with Crippen molar-refractivity contribution >= 4 is 32.2 Å². The zero-order chi connectivity index (χ0) is 13.2. The van der Waals surface area contributed by atoms with Crippen molar-refractivity contribution in [3.63, 3.8) is 0 Å². The second kappa shape index (κ2) is 5.42. The molecular weight excluding hydrogens is 284 g/mol. The Morgan fingerprint density at radius 3 is 2.53 bits per heavy atom. The first-order valence-electron chi connectivity index (χ1n) is 4.75. The minimum atomic E-state index is -3.70. The van der Waals surface area contributed by atoms with Gasteiger partial charge >= 0.3 is 4.87 Å². The molecule has 0 radical (unpaired) electrons. The van der Waals surface area contributed by atoms with E-state index in [4.69, 9.17) is 0 Å². The molecule has 1 aromatic rings. The van der Waals surface area contributed by atoms with Crippen LogP contribution in [0.2, 0.25) is 0 Å². The lowest BCUT2D eigenvalue weighted by Gasteiger charge is -2.09. The van der Waals surface area contributed by atoms with Gasteiger partial charge in [-0.3, -0.25) is 9.00 Å². The van der Waals surface area contributed by atoms with Crippen molar-refractivity contribution in [1.29, 1.82) is 0 Å². The highest BCUT2D eigenvalue weighted by Gasteiger charge is 2.21. The molecule has 2 N–H and O–H groups in total. The highest BCUT2D eigenvalue weighted by Crippen LogP contribution is 2.15. The van der Waals surface area contributed by atoms with Crippen LogP contribution in [0.4, 0.5) is 0 Å². The van der Waals surface area contributed by atoms with Crippen LogP contribution in [0.3, 0.4) is 0 Å². The zero-order valence-corrected chi connectivity index (χ0v) is 12.1. The predicted molar refractivity (Wildman–Crippen MR) is 68.4 cm³/mol. The Hall–Kier alpha value is -0.510. The number of hydrogen-bond acceptors (Lipinski definition) is 5. The van der Waals surface area contributed by atoms with Crippen LogP contribution in [0.5, 0.6) is 0 Å². The van der Waals surface area contributed by atoms with E-state index in [2.05, 4.69) is 9.71 Å². The number of nitrogens with one attached hydrogen (secondary N) is 2. The Morgan fingerprint density at radius 1 is 1.53 bits per heavy atom. The van der Waals surface area contributed by atoms with Crippen LogP contribution in [-0.2, 0) is 20.8 Å². The molecular formula is C8H14N2O4S3. The monoisotopic (exact) mass is 298 g/mol. The van der Waals surface area contributed by atoms with E-state index in [-0.39, 0.29) is 16.0 Å². The normalized spacial score (nSPS) is 15.7. The van der Waals surface area contributed by atoms with E-state index in [1.165, 1.54) is 13.2 Å². The molecule has 0 aromatic carbocycles. The fraction of sp³-hybridized carbons (Fsp3) is 0.625. The molecule has 0 amide bonds. The van der Waals surface area contributed by atoms with E-state index in [0.29, 0.717) is 17.0 Å². The number of thiazole rings is 1. The molecule has 1 rings (SSSR count). The molecule has 0 saturated heterocycles. The number of aryl methyl sites for hydroxylation is 1. The van der Waals surface area contributed by atoms with Gasteiger partial charge < -0.3 is 4.98 Å². The van der Waals surface area contributed by atoms with Crippen LogP contribution in [0, 0.1) is 6.92 Å². The summed E-state index contributed by atoms with van der Waals surface area (Å²) in [7, 11) is -4.79. The first kappa shape index (κ1) is 14.6. The van der Waals surface area contributed by atoms with Crippen LogP contribution in [0.1, 0.15) is 12.6 Å². The van der Waals surface area contributed by atoms with Crippen molar-refractivity contribution in [2.75, 3.05) is 12.8 Å². The molecule has 0 spiro atoms. The third-order valence-electron chi connectivity index (χ3n) is 2.15. The molecule has 9 heteroatoms. The van der Waals surface area contributed by atoms with Gasteiger partial charge in [0.25, 0.3) is 10.0 Å². The Kier molecular flexibility index (Phi) is 4.64. The van der Waals surface area contributed by atoms with Gasteiger partial charge in [0.15, 0.2) is 4.21 Å². The molecule has 0 aliphatic carbocycles. The number of H-pyrrole nitrogens is 1. The Labute approximate surface area is 106 Å². The average Bonchev–Trinajstić information content (AvgIpc) is 2.55. The van der Waals surface area contributed by atoms with Crippen molar-refractivity contribution in [1.82, 2.24) is 9.71 Å². The fourth-order valence-electron chi connectivity index (χ4n) is 1.06. The zero-order valence-electron chi connectivity index (χ0n) is 9.64. The molecule has 6 nitrogen and oxygen atoms in total. The average molecular weight is 298 g/mol. The van der Waals surface area contributed by atoms with E-state index in [1.54, 1.807) is 6.92 Å². The summed E-state index contributed by atoms with van der Waals surface area (Å²) in [5.41, 5.74) is 0.317. The standard InChI is InChI=1S/C8H14N2O4S3/c1-5(16(3)12)4-9-17(13,14)7-6(2)10-8(11)15-7/h5,9H,4H2,1-3H3,(H,10,11). The highest BCUT2D eigenvalue weighted by molar-refractivity contribution is 7.91. The maximum atomic E-state index is 11.8. The minimum Gasteiger partial charge on any atom is -0.315 e. The number of rotatable bonds is 5. The van der Waals surface area contributed by atoms with Crippen molar-refractivity contribution in [3.05, 3.63) is 15.4 Å².